The second kappa shape index (κ2) is 9.11. The number of carbonyl (C=O) groups excluding carboxylic acids is 1. The van der Waals surface area contributed by atoms with Gasteiger partial charge in [-0.2, -0.15) is 0 Å². The topological polar surface area (TPSA) is 122 Å². The number of hydrogen-bond donors (Lipinski definition) is 3. The quantitative estimate of drug-likeness (QED) is 0.558. The van der Waals surface area contributed by atoms with E-state index in [2.05, 4.69) is 10.0 Å². The lowest BCUT2D eigenvalue weighted by atomic mass is 9.85. The van der Waals surface area contributed by atoms with Crippen LogP contribution < -0.4 is 10.0 Å². The van der Waals surface area contributed by atoms with E-state index in [4.69, 9.17) is 4.74 Å². The van der Waals surface area contributed by atoms with Gasteiger partial charge in [0.15, 0.2) is 0 Å². The van der Waals surface area contributed by atoms with Gasteiger partial charge in [0, 0.05) is 5.69 Å². The Balaban J connectivity index is 2.54. The number of nitrogens with one attached hydrogen (secondary N) is 2. The zero-order valence-electron chi connectivity index (χ0n) is 15.4. The van der Waals surface area contributed by atoms with Gasteiger partial charge in [-0.25, -0.2) is 13.1 Å². The standard InChI is InChI=1S/C17H26N2O6S/c1-12(2)25-9-10-26(23,24)18-11-15(20)19-14-7-5-13(6-8-14)17(3,4)16(21)22/h5-8,12,18H,9-11H2,1-4H3,(H,19,20)(H,21,22). The van der Waals surface area contributed by atoms with Crippen LogP contribution in [0, 0.1) is 0 Å². The molecule has 0 aliphatic carbocycles. The van der Waals surface area contributed by atoms with Gasteiger partial charge in [0.05, 0.1) is 30.4 Å². The highest BCUT2D eigenvalue weighted by molar-refractivity contribution is 7.89. The maximum atomic E-state index is 11.9. The predicted molar refractivity (Wildman–Crippen MR) is 98.6 cm³/mol. The van der Waals surface area contributed by atoms with Crippen LogP contribution in [0.1, 0.15) is 33.3 Å². The van der Waals surface area contributed by atoms with Gasteiger partial charge in [0.2, 0.25) is 15.9 Å². The third-order valence-electron chi connectivity index (χ3n) is 3.68. The van der Waals surface area contributed by atoms with Crippen molar-refractivity contribution in [3.05, 3.63) is 29.8 Å². The Labute approximate surface area is 154 Å². The zero-order valence-corrected chi connectivity index (χ0v) is 16.2. The number of amides is 1. The smallest absolute Gasteiger partial charge is 0.313 e. The summed E-state index contributed by atoms with van der Waals surface area (Å²) in [6.07, 6.45) is -0.0671. The first-order chi connectivity index (χ1) is 11.9. The van der Waals surface area contributed by atoms with Crippen LogP contribution >= 0.6 is 0 Å². The molecule has 0 radical (unpaired) electrons. The van der Waals surface area contributed by atoms with Crippen LogP contribution in [0.4, 0.5) is 5.69 Å². The molecule has 0 saturated heterocycles. The minimum absolute atomic E-state index is 0.0510. The van der Waals surface area contributed by atoms with Crippen molar-refractivity contribution in [3.8, 4) is 0 Å². The number of carbonyl (C=O) groups is 2. The fraction of sp³-hybridized carbons (Fsp3) is 0.529. The van der Waals surface area contributed by atoms with Crippen molar-refractivity contribution < 1.29 is 27.9 Å². The van der Waals surface area contributed by atoms with Crippen molar-refractivity contribution in [1.29, 1.82) is 0 Å². The maximum Gasteiger partial charge on any atom is 0.313 e. The molecule has 0 aromatic heterocycles. The van der Waals surface area contributed by atoms with Gasteiger partial charge in [-0.3, -0.25) is 9.59 Å². The van der Waals surface area contributed by atoms with Crippen LogP contribution in [0.5, 0.6) is 0 Å². The fourth-order valence-electron chi connectivity index (χ4n) is 1.94. The van der Waals surface area contributed by atoms with Crippen LogP contribution in [-0.2, 0) is 29.8 Å². The summed E-state index contributed by atoms with van der Waals surface area (Å²) in [5.74, 6) is -1.70. The summed E-state index contributed by atoms with van der Waals surface area (Å²) >= 11 is 0. The van der Waals surface area contributed by atoms with Crippen LogP contribution in [0.2, 0.25) is 0 Å². The highest BCUT2D eigenvalue weighted by atomic mass is 32.2. The third-order valence-corrected chi connectivity index (χ3v) is 4.97. The predicted octanol–water partition coefficient (Wildman–Crippen LogP) is 1.33. The molecule has 3 N–H and O–H groups in total. The molecule has 1 aromatic rings. The molecule has 0 bridgehead atoms. The summed E-state index contributed by atoms with van der Waals surface area (Å²) in [4.78, 5) is 23.1. The van der Waals surface area contributed by atoms with E-state index in [0.29, 0.717) is 11.3 Å². The summed E-state index contributed by atoms with van der Waals surface area (Å²) in [5.41, 5.74) is -0.00732. The molecule has 0 aliphatic rings. The molecule has 8 nitrogen and oxygen atoms in total. The molecular weight excluding hydrogens is 360 g/mol. The Bertz CT molecular complexity index is 726. The lowest BCUT2D eigenvalue weighted by Crippen LogP contribution is -2.35. The number of aliphatic carboxylic acids is 1. The first kappa shape index (κ1) is 22.1. The molecule has 0 fully saturated rings. The Hall–Kier alpha value is -1.97. The van der Waals surface area contributed by atoms with Crippen LogP contribution in [0.3, 0.4) is 0 Å². The molecule has 1 amide bonds. The van der Waals surface area contributed by atoms with Gasteiger partial charge >= 0.3 is 5.97 Å². The van der Waals surface area contributed by atoms with Crippen LogP contribution in [0.25, 0.3) is 0 Å². The monoisotopic (exact) mass is 386 g/mol. The molecule has 0 aliphatic heterocycles. The molecule has 1 rings (SSSR count). The van der Waals surface area contributed by atoms with Crippen molar-refractivity contribution in [2.45, 2.75) is 39.2 Å². The van der Waals surface area contributed by atoms with Crippen molar-refractivity contribution in [1.82, 2.24) is 4.72 Å². The highest BCUT2D eigenvalue weighted by Gasteiger charge is 2.29. The minimum atomic E-state index is -3.60. The summed E-state index contributed by atoms with van der Waals surface area (Å²) < 4.78 is 30.9. The van der Waals surface area contributed by atoms with E-state index < -0.39 is 33.9 Å². The van der Waals surface area contributed by atoms with Gasteiger partial charge in [-0.15, -0.1) is 0 Å². The molecule has 26 heavy (non-hydrogen) atoms. The molecule has 146 valence electrons. The number of rotatable bonds is 10. The average Bonchev–Trinajstić information content (AvgIpc) is 2.53. The summed E-state index contributed by atoms with van der Waals surface area (Å²) in [5, 5.41) is 11.8. The first-order valence-electron chi connectivity index (χ1n) is 8.17. The summed E-state index contributed by atoms with van der Waals surface area (Å²) in [6, 6.07) is 6.36. The van der Waals surface area contributed by atoms with E-state index >= 15 is 0 Å². The van der Waals surface area contributed by atoms with Gasteiger partial charge in [0.1, 0.15) is 0 Å². The molecule has 0 spiro atoms. The number of benzene rings is 1. The van der Waals surface area contributed by atoms with Crippen molar-refractivity contribution in [3.63, 3.8) is 0 Å². The maximum absolute atomic E-state index is 11.9. The number of hydrogen-bond acceptors (Lipinski definition) is 5. The SMILES string of the molecule is CC(C)OCCS(=O)(=O)NCC(=O)Nc1ccc(C(C)(C)C(=O)O)cc1. The van der Waals surface area contributed by atoms with Gasteiger partial charge in [-0.1, -0.05) is 12.1 Å². The second-order valence-electron chi connectivity index (χ2n) is 6.62. The van der Waals surface area contributed by atoms with Crippen molar-refractivity contribution in [2.24, 2.45) is 0 Å². The highest BCUT2D eigenvalue weighted by Crippen LogP contribution is 2.24. The summed E-state index contributed by atoms with van der Waals surface area (Å²) in [7, 11) is -3.60. The van der Waals surface area contributed by atoms with E-state index in [1.165, 1.54) is 0 Å². The Morgan fingerprint density at radius 1 is 1.19 bits per heavy atom. The Morgan fingerprint density at radius 2 is 1.77 bits per heavy atom. The van der Waals surface area contributed by atoms with Gasteiger partial charge in [0.25, 0.3) is 0 Å². The van der Waals surface area contributed by atoms with Gasteiger partial charge < -0.3 is 15.2 Å². The van der Waals surface area contributed by atoms with E-state index in [-0.39, 0.29) is 18.5 Å². The Kier molecular flexibility index (Phi) is 7.73. The Morgan fingerprint density at radius 3 is 2.27 bits per heavy atom. The number of anilines is 1. The largest absolute Gasteiger partial charge is 0.481 e. The normalized spacial score (nSPS) is 12.2. The van der Waals surface area contributed by atoms with E-state index in [0.717, 1.165) is 0 Å². The lowest BCUT2D eigenvalue weighted by Gasteiger charge is -2.19. The van der Waals surface area contributed by atoms with Crippen LogP contribution in [0.15, 0.2) is 24.3 Å². The zero-order chi connectivity index (χ0) is 20.0. The average molecular weight is 386 g/mol. The van der Waals surface area contributed by atoms with E-state index in [1.54, 1.807) is 52.0 Å². The lowest BCUT2D eigenvalue weighted by molar-refractivity contribution is -0.142. The van der Waals surface area contributed by atoms with Crippen molar-refractivity contribution >= 4 is 27.6 Å². The van der Waals surface area contributed by atoms with E-state index in [9.17, 15) is 23.1 Å². The number of ether oxygens (including phenoxy) is 1. The molecular formula is C17H26N2O6S. The molecule has 0 saturated carbocycles. The van der Waals surface area contributed by atoms with Gasteiger partial charge in [-0.05, 0) is 45.4 Å². The second-order valence-corrected chi connectivity index (χ2v) is 8.54. The first-order valence-corrected chi connectivity index (χ1v) is 9.82. The van der Waals surface area contributed by atoms with Crippen LogP contribution in [-0.4, -0.2) is 50.4 Å². The number of carboxylic acids is 1. The number of carboxylic acid groups (broad SMARTS) is 1. The molecule has 0 atom stereocenters. The summed E-state index contributed by atoms with van der Waals surface area (Å²) in [6.45, 7) is 6.43. The molecule has 0 unspecified atom stereocenters. The van der Waals surface area contributed by atoms with Crippen molar-refractivity contribution in [2.75, 3.05) is 24.2 Å². The van der Waals surface area contributed by atoms with E-state index in [1.807, 2.05) is 0 Å². The number of sulfonamides is 1. The molecule has 9 heteroatoms. The third kappa shape index (κ3) is 7.11. The molecule has 1 aromatic carbocycles. The minimum Gasteiger partial charge on any atom is -0.481 e. The fourth-order valence-corrected chi connectivity index (χ4v) is 2.75. The molecule has 0 heterocycles.